The van der Waals surface area contributed by atoms with Crippen LogP contribution in [0.1, 0.15) is 36.8 Å². The Balaban J connectivity index is 2.19. The van der Waals surface area contributed by atoms with Crippen LogP contribution in [0.3, 0.4) is 0 Å². The summed E-state index contributed by atoms with van der Waals surface area (Å²) in [6, 6.07) is 5.25. The molecule has 1 N–H and O–H groups in total. The van der Waals surface area contributed by atoms with E-state index >= 15 is 0 Å². The number of hydrogen-bond acceptors (Lipinski definition) is 1. The van der Waals surface area contributed by atoms with Crippen LogP contribution < -0.4 is 0 Å². The maximum atomic E-state index is 12.4. The summed E-state index contributed by atoms with van der Waals surface area (Å²) in [6.07, 6.45) is -2.38. The molecule has 1 aromatic rings. The Hall–Kier alpha value is -1.03. The van der Waals surface area contributed by atoms with Crippen molar-refractivity contribution in [3.8, 4) is 0 Å². The molecule has 1 fully saturated rings. The third-order valence-corrected chi connectivity index (χ3v) is 3.86. The predicted molar refractivity (Wildman–Crippen MR) is 58.6 cm³/mol. The van der Waals surface area contributed by atoms with E-state index in [1.165, 1.54) is 12.1 Å². The third-order valence-electron chi connectivity index (χ3n) is 3.86. The first-order chi connectivity index (χ1) is 7.89. The van der Waals surface area contributed by atoms with Gasteiger partial charge in [-0.05, 0) is 36.5 Å². The van der Waals surface area contributed by atoms with Crippen LogP contribution in [0.25, 0.3) is 0 Å². The van der Waals surface area contributed by atoms with Gasteiger partial charge in [0, 0.05) is 12.0 Å². The molecular formula is C13H15F3O. The van der Waals surface area contributed by atoms with Gasteiger partial charge in [-0.15, -0.1) is 0 Å². The van der Waals surface area contributed by atoms with Crippen molar-refractivity contribution in [2.45, 2.75) is 31.9 Å². The van der Waals surface area contributed by atoms with Crippen molar-refractivity contribution in [1.29, 1.82) is 0 Å². The minimum absolute atomic E-state index is 0.0975. The fourth-order valence-corrected chi connectivity index (χ4v) is 2.20. The average molecular weight is 244 g/mol. The summed E-state index contributed by atoms with van der Waals surface area (Å²) in [5.41, 5.74) is 0.145. The Morgan fingerprint density at radius 2 is 1.76 bits per heavy atom. The Bertz CT molecular complexity index is 390. The van der Waals surface area contributed by atoms with E-state index in [0.717, 1.165) is 30.5 Å². The van der Waals surface area contributed by atoms with Crippen LogP contribution in [0.15, 0.2) is 24.3 Å². The van der Waals surface area contributed by atoms with E-state index in [4.69, 9.17) is 0 Å². The highest BCUT2D eigenvalue weighted by molar-refractivity contribution is 5.29. The fourth-order valence-electron chi connectivity index (χ4n) is 2.20. The monoisotopic (exact) mass is 244 g/mol. The zero-order valence-electron chi connectivity index (χ0n) is 9.59. The lowest BCUT2D eigenvalue weighted by atomic mass is 9.85. The summed E-state index contributed by atoms with van der Waals surface area (Å²) in [5, 5.41) is 9.29. The molecule has 94 valence electrons. The van der Waals surface area contributed by atoms with Crippen LogP contribution in [-0.2, 0) is 6.18 Å². The quantitative estimate of drug-likeness (QED) is 0.861. The van der Waals surface area contributed by atoms with E-state index in [2.05, 4.69) is 0 Å². The zero-order chi connectivity index (χ0) is 12.7. The van der Waals surface area contributed by atoms with Gasteiger partial charge < -0.3 is 5.11 Å². The lowest BCUT2D eigenvalue weighted by Gasteiger charge is -2.21. The molecule has 1 aromatic carbocycles. The summed E-state index contributed by atoms with van der Waals surface area (Å²) in [5.74, 6) is 0.106. The molecule has 0 saturated heterocycles. The number of alkyl halides is 3. The van der Waals surface area contributed by atoms with Gasteiger partial charge in [-0.25, -0.2) is 0 Å². The highest BCUT2D eigenvalue weighted by Gasteiger charge is 2.47. The van der Waals surface area contributed by atoms with Gasteiger partial charge in [-0.1, -0.05) is 19.1 Å². The van der Waals surface area contributed by atoms with E-state index in [1.54, 1.807) is 0 Å². The van der Waals surface area contributed by atoms with Gasteiger partial charge in [0.1, 0.15) is 0 Å². The smallest absolute Gasteiger partial charge is 0.396 e. The Kier molecular flexibility index (Phi) is 2.94. The van der Waals surface area contributed by atoms with E-state index in [1.807, 2.05) is 6.92 Å². The number of hydrogen-bond donors (Lipinski definition) is 1. The summed E-state index contributed by atoms with van der Waals surface area (Å²) in [4.78, 5) is 0. The maximum Gasteiger partial charge on any atom is 0.416 e. The molecule has 1 atom stereocenters. The second-order valence-corrected chi connectivity index (χ2v) is 4.86. The van der Waals surface area contributed by atoms with E-state index in [0.29, 0.717) is 0 Å². The molecule has 0 spiro atoms. The van der Waals surface area contributed by atoms with Crippen molar-refractivity contribution in [3.63, 3.8) is 0 Å². The molecule has 0 aliphatic heterocycles. The zero-order valence-corrected chi connectivity index (χ0v) is 9.59. The minimum atomic E-state index is -4.28. The first kappa shape index (κ1) is 12.4. The third kappa shape index (κ3) is 2.32. The van der Waals surface area contributed by atoms with Crippen LogP contribution in [0.5, 0.6) is 0 Å². The van der Waals surface area contributed by atoms with Gasteiger partial charge in [0.15, 0.2) is 0 Å². The summed E-state index contributed by atoms with van der Waals surface area (Å²) in [7, 11) is 0. The van der Waals surface area contributed by atoms with Gasteiger partial charge >= 0.3 is 6.18 Å². The van der Waals surface area contributed by atoms with Gasteiger partial charge in [-0.3, -0.25) is 0 Å². The Morgan fingerprint density at radius 1 is 1.24 bits per heavy atom. The lowest BCUT2D eigenvalue weighted by molar-refractivity contribution is -0.137. The molecule has 17 heavy (non-hydrogen) atoms. The van der Waals surface area contributed by atoms with Gasteiger partial charge in [0.2, 0.25) is 0 Å². The second-order valence-electron chi connectivity index (χ2n) is 4.86. The molecule has 0 heterocycles. The van der Waals surface area contributed by atoms with Crippen molar-refractivity contribution >= 4 is 0 Å². The standard InChI is InChI=1S/C13H15F3O/c1-9(12(8-17)6-7-12)10-2-4-11(5-3-10)13(14,15)16/h2-5,9,17H,6-8H2,1H3. The number of benzene rings is 1. The fraction of sp³-hybridized carbons (Fsp3) is 0.538. The molecule has 0 radical (unpaired) electrons. The minimum Gasteiger partial charge on any atom is -0.396 e. The molecule has 1 saturated carbocycles. The molecule has 0 bridgehead atoms. The first-order valence-electron chi connectivity index (χ1n) is 5.67. The van der Waals surface area contributed by atoms with Gasteiger partial charge in [-0.2, -0.15) is 13.2 Å². The number of aliphatic hydroxyl groups is 1. The Morgan fingerprint density at radius 3 is 2.12 bits per heavy atom. The van der Waals surface area contributed by atoms with Crippen molar-refractivity contribution < 1.29 is 18.3 Å². The lowest BCUT2D eigenvalue weighted by Crippen LogP contribution is -2.15. The van der Waals surface area contributed by atoms with Crippen LogP contribution in [0.2, 0.25) is 0 Å². The van der Waals surface area contributed by atoms with E-state index in [-0.39, 0.29) is 17.9 Å². The molecule has 1 nitrogen and oxygen atoms in total. The molecule has 0 amide bonds. The normalized spacial score (nSPS) is 20.1. The molecule has 1 unspecified atom stereocenters. The number of aliphatic hydroxyl groups excluding tert-OH is 1. The Labute approximate surface area is 98.3 Å². The number of rotatable bonds is 3. The van der Waals surface area contributed by atoms with Crippen LogP contribution >= 0.6 is 0 Å². The largest absolute Gasteiger partial charge is 0.416 e. The van der Waals surface area contributed by atoms with Crippen LogP contribution in [0.4, 0.5) is 13.2 Å². The number of halogens is 3. The summed E-state index contributed by atoms with van der Waals surface area (Å²) < 4.78 is 37.2. The molecule has 2 rings (SSSR count). The SMILES string of the molecule is CC(c1ccc(C(F)(F)F)cc1)C1(CO)CC1. The topological polar surface area (TPSA) is 20.2 Å². The van der Waals surface area contributed by atoms with Crippen molar-refractivity contribution in [3.05, 3.63) is 35.4 Å². The average Bonchev–Trinajstić information content (AvgIpc) is 3.08. The predicted octanol–water partition coefficient (Wildman–Crippen LogP) is 3.58. The van der Waals surface area contributed by atoms with Crippen molar-refractivity contribution in [1.82, 2.24) is 0 Å². The molecule has 0 aromatic heterocycles. The summed E-state index contributed by atoms with van der Waals surface area (Å²) in [6.45, 7) is 2.07. The van der Waals surface area contributed by atoms with Gasteiger partial charge in [0.25, 0.3) is 0 Å². The molecule has 1 aliphatic carbocycles. The van der Waals surface area contributed by atoms with Crippen LogP contribution in [-0.4, -0.2) is 11.7 Å². The molecule has 4 heteroatoms. The molecule has 1 aliphatic rings. The highest BCUT2D eigenvalue weighted by atomic mass is 19.4. The van der Waals surface area contributed by atoms with Crippen molar-refractivity contribution in [2.24, 2.45) is 5.41 Å². The van der Waals surface area contributed by atoms with E-state index < -0.39 is 11.7 Å². The summed E-state index contributed by atoms with van der Waals surface area (Å²) >= 11 is 0. The van der Waals surface area contributed by atoms with Crippen molar-refractivity contribution in [2.75, 3.05) is 6.61 Å². The highest BCUT2D eigenvalue weighted by Crippen LogP contribution is 2.55. The molecular weight excluding hydrogens is 229 g/mol. The first-order valence-corrected chi connectivity index (χ1v) is 5.67. The maximum absolute atomic E-state index is 12.4. The van der Waals surface area contributed by atoms with E-state index in [9.17, 15) is 18.3 Å². The van der Waals surface area contributed by atoms with Gasteiger partial charge in [0.05, 0.1) is 5.56 Å². The van der Waals surface area contributed by atoms with Crippen LogP contribution in [0, 0.1) is 5.41 Å². The second kappa shape index (κ2) is 4.02.